The normalized spacial score (nSPS) is 10.9. The maximum absolute atomic E-state index is 13.7. The van der Waals surface area contributed by atoms with Gasteiger partial charge in [-0.25, -0.2) is 4.79 Å². The lowest BCUT2D eigenvalue weighted by Gasteiger charge is -2.12. The van der Waals surface area contributed by atoms with Crippen molar-refractivity contribution in [1.29, 1.82) is 5.26 Å². The van der Waals surface area contributed by atoms with Crippen molar-refractivity contribution >= 4 is 16.7 Å². The predicted molar refractivity (Wildman–Crippen MR) is 123 cm³/mol. The zero-order chi connectivity index (χ0) is 22.8. The molecule has 0 aliphatic heterocycles. The number of hydrogen-bond acceptors (Lipinski definition) is 4. The van der Waals surface area contributed by atoms with Crippen LogP contribution in [-0.2, 0) is 19.6 Å². The van der Waals surface area contributed by atoms with Crippen LogP contribution in [0.1, 0.15) is 29.8 Å². The summed E-state index contributed by atoms with van der Waals surface area (Å²) >= 11 is 0. The highest BCUT2D eigenvalue weighted by atomic mass is 16.2. The Morgan fingerprint density at radius 3 is 2.28 bits per heavy atom. The number of aryl methyl sites for hydroxylation is 2. The van der Waals surface area contributed by atoms with E-state index < -0.39 is 17.8 Å². The van der Waals surface area contributed by atoms with Gasteiger partial charge < -0.3 is 4.57 Å². The van der Waals surface area contributed by atoms with Crippen LogP contribution in [0.2, 0.25) is 0 Å². The largest absolute Gasteiger partial charge is 0.340 e. The minimum absolute atomic E-state index is 0.168. The summed E-state index contributed by atoms with van der Waals surface area (Å²) in [5.41, 5.74) is 1.46. The fraction of sp³-hybridized carbons (Fsp3) is 0.200. The molecule has 0 saturated carbocycles. The van der Waals surface area contributed by atoms with Gasteiger partial charge in [-0.2, -0.15) is 5.26 Å². The monoisotopic (exact) mass is 426 g/mol. The lowest BCUT2D eigenvalue weighted by atomic mass is 10.0. The van der Waals surface area contributed by atoms with Crippen LogP contribution in [0.5, 0.6) is 0 Å². The molecule has 0 atom stereocenters. The maximum Gasteiger partial charge on any atom is 0.331 e. The van der Waals surface area contributed by atoms with Gasteiger partial charge in [-0.1, -0.05) is 48.5 Å². The van der Waals surface area contributed by atoms with Gasteiger partial charge in [0.05, 0.1) is 17.8 Å². The number of benzene rings is 2. The third-order valence-corrected chi connectivity index (χ3v) is 5.61. The molecule has 0 saturated heterocycles. The molecule has 2 aromatic carbocycles. The van der Waals surface area contributed by atoms with Gasteiger partial charge in [0, 0.05) is 30.2 Å². The standard InChI is InChI=1S/C25H22N4O3/c1-3-27-15-18(14-26)24(31)29(25(27)32)16-21(30)22-19-12-8-9-13-20(19)28(4-2)23(22)17-10-6-5-7-11-17/h5-13,15H,3-4,16H2,1-2H3. The minimum atomic E-state index is -0.754. The molecule has 2 aromatic heterocycles. The molecule has 0 spiro atoms. The first-order chi connectivity index (χ1) is 15.5. The average molecular weight is 426 g/mol. The molecular weight excluding hydrogens is 404 g/mol. The molecule has 0 radical (unpaired) electrons. The fourth-order valence-electron chi connectivity index (χ4n) is 4.13. The van der Waals surface area contributed by atoms with Gasteiger partial charge in [0.2, 0.25) is 0 Å². The fourth-order valence-corrected chi connectivity index (χ4v) is 4.13. The molecule has 0 unspecified atom stereocenters. The molecule has 7 nitrogen and oxygen atoms in total. The second-order valence-corrected chi connectivity index (χ2v) is 7.39. The summed E-state index contributed by atoms with van der Waals surface area (Å²) in [6, 6.07) is 19.0. The Kier molecular flexibility index (Phi) is 5.61. The highest BCUT2D eigenvalue weighted by molar-refractivity contribution is 6.13. The number of carbonyl (C=O) groups excluding carboxylic acids is 1. The van der Waals surface area contributed by atoms with Crippen LogP contribution in [0.15, 0.2) is 70.4 Å². The number of para-hydroxylation sites is 1. The van der Waals surface area contributed by atoms with Gasteiger partial charge in [0.15, 0.2) is 5.78 Å². The number of rotatable bonds is 6. The number of aromatic nitrogens is 3. The highest BCUT2D eigenvalue weighted by Gasteiger charge is 2.24. The highest BCUT2D eigenvalue weighted by Crippen LogP contribution is 2.34. The summed E-state index contributed by atoms with van der Waals surface area (Å²) in [5.74, 6) is -0.357. The van der Waals surface area contributed by atoms with E-state index in [4.69, 9.17) is 0 Å². The number of fused-ring (bicyclic) bond motifs is 1. The molecule has 4 rings (SSSR count). The number of carbonyl (C=O) groups is 1. The van der Waals surface area contributed by atoms with Crippen LogP contribution in [0.4, 0.5) is 0 Å². The molecule has 4 aromatic rings. The van der Waals surface area contributed by atoms with E-state index in [0.717, 1.165) is 26.7 Å². The molecule has 0 N–H and O–H groups in total. The molecule has 7 heteroatoms. The molecule has 160 valence electrons. The number of nitrogens with zero attached hydrogens (tertiary/aromatic N) is 4. The van der Waals surface area contributed by atoms with E-state index >= 15 is 0 Å². The van der Waals surface area contributed by atoms with E-state index in [1.54, 1.807) is 6.92 Å². The number of nitriles is 1. The number of hydrogen-bond donors (Lipinski definition) is 0. The van der Waals surface area contributed by atoms with Crippen LogP contribution in [0.3, 0.4) is 0 Å². The summed E-state index contributed by atoms with van der Waals surface area (Å²) in [6.07, 6.45) is 1.24. The number of ketones is 1. The van der Waals surface area contributed by atoms with Gasteiger partial charge in [-0.05, 0) is 25.5 Å². The second-order valence-electron chi connectivity index (χ2n) is 7.39. The Morgan fingerprint density at radius 1 is 0.938 bits per heavy atom. The third-order valence-electron chi connectivity index (χ3n) is 5.61. The van der Waals surface area contributed by atoms with Crippen LogP contribution < -0.4 is 11.2 Å². The zero-order valence-corrected chi connectivity index (χ0v) is 17.9. The molecule has 0 aliphatic carbocycles. The molecule has 32 heavy (non-hydrogen) atoms. The van der Waals surface area contributed by atoms with Crippen LogP contribution in [0, 0.1) is 11.3 Å². The minimum Gasteiger partial charge on any atom is -0.340 e. The Morgan fingerprint density at radius 2 is 1.62 bits per heavy atom. The van der Waals surface area contributed by atoms with Gasteiger partial charge in [0.1, 0.15) is 11.6 Å². The van der Waals surface area contributed by atoms with Gasteiger partial charge >= 0.3 is 5.69 Å². The van der Waals surface area contributed by atoms with Gasteiger partial charge in [0.25, 0.3) is 5.56 Å². The molecule has 2 heterocycles. The summed E-state index contributed by atoms with van der Waals surface area (Å²) in [7, 11) is 0. The number of Topliss-reactive ketones (excluding diaryl/α,β-unsaturated/α-hetero) is 1. The average Bonchev–Trinajstić information content (AvgIpc) is 3.17. The molecule has 0 amide bonds. The van der Waals surface area contributed by atoms with Crippen molar-refractivity contribution in [3.05, 3.63) is 92.8 Å². The van der Waals surface area contributed by atoms with E-state index in [1.165, 1.54) is 10.8 Å². The zero-order valence-electron chi connectivity index (χ0n) is 17.9. The van der Waals surface area contributed by atoms with Crippen molar-refractivity contribution in [2.45, 2.75) is 33.5 Å². The molecule has 0 bridgehead atoms. The first-order valence-electron chi connectivity index (χ1n) is 10.5. The van der Waals surface area contributed by atoms with E-state index in [0.29, 0.717) is 12.1 Å². The Balaban J connectivity index is 1.96. The van der Waals surface area contributed by atoms with E-state index in [-0.39, 0.29) is 17.9 Å². The molecule has 0 aliphatic rings. The Hall–Kier alpha value is -4.18. The van der Waals surface area contributed by atoms with Crippen molar-refractivity contribution in [3.63, 3.8) is 0 Å². The Labute approximate surface area is 184 Å². The summed E-state index contributed by atoms with van der Waals surface area (Å²) in [4.78, 5) is 39.2. The van der Waals surface area contributed by atoms with Crippen LogP contribution >= 0.6 is 0 Å². The lowest BCUT2D eigenvalue weighted by molar-refractivity contribution is 0.0970. The van der Waals surface area contributed by atoms with Crippen molar-refractivity contribution in [2.24, 2.45) is 0 Å². The third kappa shape index (κ3) is 3.36. The molecular formula is C25H22N4O3. The van der Waals surface area contributed by atoms with Crippen LogP contribution in [0.25, 0.3) is 22.2 Å². The molecule has 0 fully saturated rings. The van der Waals surface area contributed by atoms with E-state index in [9.17, 15) is 19.6 Å². The van der Waals surface area contributed by atoms with E-state index in [1.807, 2.05) is 67.6 Å². The van der Waals surface area contributed by atoms with E-state index in [2.05, 4.69) is 4.57 Å². The first-order valence-corrected chi connectivity index (χ1v) is 10.5. The topological polar surface area (TPSA) is 89.8 Å². The second kappa shape index (κ2) is 8.52. The van der Waals surface area contributed by atoms with Crippen molar-refractivity contribution in [2.75, 3.05) is 0 Å². The summed E-state index contributed by atoms with van der Waals surface area (Å²) < 4.78 is 4.19. The van der Waals surface area contributed by atoms with Crippen LogP contribution in [-0.4, -0.2) is 19.5 Å². The quantitative estimate of drug-likeness (QED) is 0.442. The van der Waals surface area contributed by atoms with Crippen molar-refractivity contribution in [1.82, 2.24) is 13.7 Å². The van der Waals surface area contributed by atoms with Gasteiger partial charge in [-0.15, -0.1) is 0 Å². The maximum atomic E-state index is 13.7. The summed E-state index contributed by atoms with van der Waals surface area (Å²) in [6.45, 7) is 4.23. The SMILES string of the molecule is CCn1cc(C#N)c(=O)n(CC(=O)c2c(-c3ccccc3)n(CC)c3ccccc23)c1=O. The lowest BCUT2D eigenvalue weighted by Crippen LogP contribution is -2.42. The predicted octanol–water partition coefficient (Wildman–Crippen LogP) is 3.43. The first kappa shape index (κ1) is 21.1. The summed E-state index contributed by atoms with van der Waals surface area (Å²) in [5, 5.41) is 10.1. The Bertz CT molecular complexity index is 1480. The van der Waals surface area contributed by atoms with Gasteiger partial charge in [-0.3, -0.25) is 18.7 Å². The van der Waals surface area contributed by atoms with Crippen molar-refractivity contribution in [3.8, 4) is 17.3 Å². The smallest absolute Gasteiger partial charge is 0.331 e. The van der Waals surface area contributed by atoms with Crippen molar-refractivity contribution < 1.29 is 4.79 Å².